The Kier molecular flexibility index (Phi) is 3.52. The van der Waals surface area contributed by atoms with Gasteiger partial charge in [0.15, 0.2) is 0 Å². The lowest BCUT2D eigenvalue weighted by Crippen LogP contribution is -2.35. The van der Waals surface area contributed by atoms with Crippen molar-refractivity contribution >= 4 is 11.7 Å². The van der Waals surface area contributed by atoms with Crippen molar-refractivity contribution in [3.05, 3.63) is 29.6 Å². The van der Waals surface area contributed by atoms with Crippen molar-refractivity contribution in [1.82, 2.24) is 5.32 Å². The third-order valence-corrected chi connectivity index (χ3v) is 3.29. The van der Waals surface area contributed by atoms with E-state index in [4.69, 9.17) is 5.11 Å². The summed E-state index contributed by atoms with van der Waals surface area (Å²) in [6.07, 6.45) is 1.84. The largest absolute Gasteiger partial charge is 0.396 e. The van der Waals surface area contributed by atoms with Crippen LogP contribution in [0.3, 0.4) is 0 Å². The highest BCUT2D eigenvalue weighted by atomic mass is 19.1. The Morgan fingerprint density at radius 1 is 1.50 bits per heavy atom. The fraction of sp³-hybridized carbons (Fsp3) is 0.462. The van der Waals surface area contributed by atoms with E-state index in [9.17, 15) is 9.18 Å². The number of aliphatic hydroxyl groups excluding tert-OH is 1. The Hall–Kier alpha value is -1.62. The second-order valence-corrected chi connectivity index (χ2v) is 4.95. The van der Waals surface area contributed by atoms with E-state index in [0.717, 1.165) is 18.4 Å². The monoisotopic (exact) mass is 252 g/mol. The van der Waals surface area contributed by atoms with E-state index < -0.39 is 11.8 Å². The molecule has 1 saturated carbocycles. The number of halogens is 1. The highest BCUT2D eigenvalue weighted by Gasteiger charge is 2.42. The lowest BCUT2D eigenvalue weighted by Gasteiger charge is -2.13. The first-order valence-corrected chi connectivity index (χ1v) is 5.97. The molecule has 0 heterocycles. The maximum absolute atomic E-state index is 13.4. The molecule has 18 heavy (non-hydrogen) atoms. The number of rotatable bonds is 4. The van der Waals surface area contributed by atoms with Crippen molar-refractivity contribution < 1.29 is 14.3 Å². The van der Waals surface area contributed by atoms with Gasteiger partial charge in [0.25, 0.3) is 0 Å². The summed E-state index contributed by atoms with van der Waals surface area (Å²) in [7, 11) is 0. The fourth-order valence-corrected chi connectivity index (χ4v) is 1.74. The van der Waals surface area contributed by atoms with Crippen LogP contribution in [0.25, 0.3) is 0 Å². The van der Waals surface area contributed by atoms with E-state index in [0.29, 0.717) is 6.54 Å². The van der Waals surface area contributed by atoms with Gasteiger partial charge in [0.05, 0.1) is 12.3 Å². The van der Waals surface area contributed by atoms with Gasteiger partial charge in [0.1, 0.15) is 5.82 Å². The number of aliphatic hydroxyl groups is 1. The molecule has 0 bridgehead atoms. The van der Waals surface area contributed by atoms with Gasteiger partial charge < -0.3 is 15.7 Å². The number of urea groups is 1. The lowest BCUT2D eigenvalue weighted by molar-refractivity contribution is 0.206. The third-order valence-electron chi connectivity index (χ3n) is 3.29. The molecule has 0 unspecified atom stereocenters. The van der Waals surface area contributed by atoms with E-state index >= 15 is 0 Å². The highest BCUT2D eigenvalue weighted by molar-refractivity contribution is 5.89. The standard InChI is InChI=1S/C13H17FN2O2/c1-9-2-3-10(14)11(6-9)16-12(18)15-7-13(8-17)4-5-13/h2-3,6,17H,4-5,7-8H2,1H3,(H2,15,16,18). The van der Waals surface area contributed by atoms with Gasteiger partial charge in [0.2, 0.25) is 0 Å². The topological polar surface area (TPSA) is 61.4 Å². The van der Waals surface area contributed by atoms with Gasteiger partial charge in [-0.1, -0.05) is 6.07 Å². The normalized spacial score (nSPS) is 16.2. The Morgan fingerprint density at radius 2 is 2.22 bits per heavy atom. The van der Waals surface area contributed by atoms with Crippen molar-refractivity contribution in [2.75, 3.05) is 18.5 Å². The van der Waals surface area contributed by atoms with Crippen LogP contribution in [-0.4, -0.2) is 24.3 Å². The minimum atomic E-state index is -0.459. The summed E-state index contributed by atoms with van der Waals surface area (Å²) in [5, 5.41) is 14.2. The Morgan fingerprint density at radius 3 is 2.83 bits per heavy atom. The second kappa shape index (κ2) is 4.94. The zero-order valence-corrected chi connectivity index (χ0v) is 10.3. The lowest BCUT2D eigenvalue weighted by atomic mass is 10.1. The van der Waals surface area contributed by atoms with Gasteiger partial charge >= 0.3 is 6.03 Å². The van der Waals surface area contributed by atoms with E-state index in [1.54, 1.807) is 12.1 Å². The molecule has 3 N–H and O–H groups in total. The molecule has 1 fully saturated rings. The van der Waals surface area contributed by atoms with Crippen molar-refractivity contribution in [1.29, 1.82) is 0 Å². The Balaban J connectivity index is 1.89. The van der Waals surface area contributed by atoms with Crippen LogP contribution in [0.5, 0.6) is 0 Å². The van der Waals surface area contributed by atoms with Crippen LogP contribution < -0.4 is 10.6 Å². The SMILES string of the molecule is Cc1ccc(F)c(NC(=O)NCC2(CO)CC2)c1. The van der Waals surface area contributed by atoms with Gasteiger partial charge in [-0.3, -0.25) is 0 Å². The van der Waals surface area contributed by atoms with Crippen LogP contribution in [0.2, 0.25) is 0 Å². The van der Waals surface area contributed by atoms with E-state index in [1.165, 1.54) is 6.07 Å². The van der Waals surface area contributed by atoms with E-state index in [1.807, 2.05) is 6.92 Å². The molecular weight excluding hydrogens is 235 g/mol. The van der Waals surface area contributed by atoms with Gasteiger partial charge in [-0.05, 0) is 37.5 Å². The molecule has 1 aliphatic carbocycles. The second-order valence-electron chi connectivity index (χ2n) is 4.95. The molecule has 0 spiro atoms. The number of carbonyl (C=O) groups excluding carboxylic acids is 1. The predicted molar refractivity (Wildman–Crippen MR) is 66.9 cm³/mol. The van der Waals surface area contributed by atoms with E-state index in [2.05, 4.69) is 10.6 Å². The predicted octanol–water partition coefficient (Wildman–Crippen LogP) is 2.03. The van der Waals surface area contributed by atoms with Crippen LogP contribution >= 0.6 is 0 Å². The minimum absolute atomic E-state index is 0.0755. The molecule has 0 aromatic heterocycles. The van der Waals surface area contributed by atoms with Crippen LogP contribution in [0.1, 0.15) is 18.4 Å². The number of nitrogens with one attached hydrogen (secondary N) is 2. The van der Waals surface area contributed by atoms with Crippen molar-refractivity contribution in [2.24, 2.45) is 5.41 Å². The van der Waals surface area contributed by atoms with Crippen LogP contribution in [0, 0.1) is 18.2 Å². The highest BCUT2D eigenvalue weighted by Crippen LogP contribution is 2.44. The average Bonchev–Trinajstić information content (AvgIpc) is 3.12. The number of carbonyl (C=O) groups is 1. The molecule has 2 amide bonds. The van der Waals surface area contributed by atoms with Gasteiger partial charge in [-0.15, -0.1) is 0 Å². The molecule has 1 aromatic rings. The molecule has 0 atom stereocenters. The first-order valence-electron chi connectivity index (χ1n) is 5.97. The zero-order chi connectivity index (χ0) is 13.2. The maximum Gasteiger partial charge on any atom is 0.319 e. The summed E-state index contributed by atoms with van der Waals surface area (Å²) in [6, 6.07) is 4.09. The average molecular weight is 252 g/mol. The molecule has 2 rings (SSSR count). The molecule has 1 aliphatic rings. The van der Waals surface area contributed by atoms with E-state index in [-0.39, 0.29) is 17.7 Å². The minimum Gasteiger partial charge on any atom is -0.396 e. The number of hydrogen-bond acceptors (Lipinski definition) is 2. The summed E-state index contributed by atoms with van der Waals surface area (Å²) in [5.74, 6) is -0.459. The molecule has 0 saturated heterocycles. The first kappa shape index (κ1) is 12.8. The Labute approximate surface area is 105 Å². The molecule has 0 radical (unpaired) electrons. The van der Waals surface area contributed by atoms with Crippen LogP contribution in [0.15, 0.2) is 18.2 Å². The summed E-state index contributed by atoms with van der Waals surface area (Å²) in [4.78, 5) is 11.6. The zero-order valence-electron chi connectivity index (χ0n) is 10.3. The molecule has 98 valence electrons. The molecule has 1 aromatic carbocycles. The summed E-state index contributed by atoms with van der Waals surface area (Å²) in [5.41, 5.74) is 0.893. The first-order chi connectivity index (χ1) is 8.54. The number of aryl methyl sites for hydroxylation is 1. The maximum atomic E-state index is 13.4. The fourth-order valence-electron chi connectivity index (χ4n) is 1.74. The summed E-state index contributed by atoms with van der Waals surface area (Å²) < 4.78 is 13.4. The summed E-state index contributed by atoms with van der Waals surface area (Å²) in [6.45, 7) is 2.32. The van der Waals surface area contributed by atoms with Gasteiger partial charge in [-0.25, -0.2) is 9.18 Å². The number of benzene rings is 1. The Bertz CT molecular complexity index is 458. The van der Waals surface area contributed by atoms with Crippen molar-refractivity contribution in [3.8, 4) is 0 Å². The quantitative estimate of drug-likeness (QED) is 0.767. The van der Waals surface area contributed by atoms with Crippen LogP contribution in [0.4, 0.5) is 14.9 Å². The number of hydrogen-bond donors (Lipinski definition) is 3. The van der Waals surface area contributed by atoms with Crippen LogP contribution in [-0.2, 0) is 0 Å². The third kappa shape index (κ3) is 2.98. The molecular formula is C13H17FN2O2. The van der Waals surface area contributed by atoms with Crippen molar-refractivity contribution in [3.63, 3.8) is 0 Å². The van der Waals surface area contributed by atoms with Gasteiger partial charge in [0, 0.05) is 12.0 Å². The molecule has 0 aliphatic heterocycles. The molecule has 4 nitrogen and oxygen atoms in total. The summed E-state index contributed by atoms with van der Waals surface area (Å²) >= 11 is 0. The molecule has 5 heteroatoms. The number of amides is 2. The van der Waals surface area contributed by atoms with Gasteiger partial charge in [-0.2, -0.15) is 0 Å². The number of anilines is 1. The van der Waals surface area contributed by atoms with Crippen molar-refractivity contribution in [2.45, 2.75) is 19.8 Å². The smallest absolute Gasteiger partial charge is 0.319 e.